The number of furan rings is 1. The van der Waals surface area contributed by atoms with Crippen LogP contribution in [-0.2, 0) is 26.0 Å². The number of thiocarbonyl (C=S) groups is 1. The first-order valence-electron chi connectivity index (χ1n) is 10.6. The van der Waals surface area contributed by atoms with Crippen LogP contribution in [0.15, 0.2) is 45.7 Å². The van der Waals surface area contributed by atoms with Crippen LogP contribution in [-0.4, -0.2) is 65.6 Å². The molecule has 0 N–H and O–H groups in total. The third-order valence-electron chi connectivity index (χ3n) is 5.67. The van der Waals surface area contributed by atoms with Gasteiger partial charge in [-0.25, -0.2) is 8.42 Å². The molecule has 1 aromatic heterocycles. The molecule has 2 aromatic rings. The maximum absolute atomic E-state index is 13.3. The van der Waals surface area contributed by atoms with Gasteiger partial charge in [0.25, 0.3) is 5.91 Å². The topological polar surface area (TPSA) is 97.1 Å². The van der Waals surface area contributed by atoms with E-state index in [9.17, 15) is 18.0 Å². The van der Waals surface area contributed by atoms with Gasteiger partial charge >= 0.3 is 0 Å². The second-order valence-corrected chi connectivity index (χ2v) is 12.0. The highest BCUT2D eigenvalue weighted by atomic mass is 32.2. The molecule has 3 heterocycles. The van der Waals surface area contributed by atoms with E-state index in [2.05, 4.69) is 0 Å². The van der Waals surface area contributed by atoms with Crippen LogP contribution in [0.4, 0.5) is 0 Å². The molecular weight excluding hydrogens is 496 g/mol. The van der Waals surface area contributed by atoms with Crippen molar-refractivity contribution in [1.29, 1.82) is 0 Å². The number of thioether (sulfide) groups is 1. The summed E-state index contributed by atoms with van der Waals surface area (Å²) >= 11 is 6.51. The lowest BCUT2D eigenvalue weighted by Gasteiger charge is -2.29. The summed E-state index contributed by atoms with van der Waals surface area (Å²) in [5.74, 6) is 1.15. The van der Waals surface area contributed by atoms with E-state index < -0.39 is 15.9 Å². The third kappa shape index (κ3) is 5.53. The summed E-state index contributed by atoms with van der Waals surface area (Å²) in [4.78, 5) is 29.5. The van der Waals surface area contributed by atoms with Crippen molar-refractivity contribution in [1.82, 2.24) is 9.80 Å². The zero-order chi connectivity index (χ0) is 24.5. The molecule has 1 aromatic carbocycles. The van der Waals surface area contributed by atoms with Crippen LogP contribution < -0.4 is 4.74 Å². The van der Waals surface area contributed by atoms with Gasteiger partial charge in [0.2, 0.25) is 5.91 Å². The van der Waals surface area contributed by atoms with Crippen molar-refractivity contribution in [2.75, 3.05) is 25.2 Å². The van der Waals surface area contributed by atoms with E-state index in [0.29, 0.717) is 28.6 Å². The van der Waals surface area contributed by atoms with Gasteiger partial charge in [-0.1, -0.05) is 36.1 Å². The molecule has 2 aliphatic heterocycles. The fraction of sp³-hybridized carbons (Fsp3) is 0.348. The van der Waals surface area contributed by atoms with E-state index in [-0.39, 0.29) is 40.7 Å². The summed E-state index contributed by atoms with van der Waals surface area (Å²) in [6.45, 7) is 1.66. The summed E-state index contributed by atoms with van der Waals surface area (Å²) in [5, 5.41) is 0. The van der Waals surface area contributed by atoms with Gasteiger partial charge in [-0.15, -0.1) is 0 Å². The molecular formula is C23H24N2O6S3. The second kappa shape index (κ2) is 9.93. The van der Waals surface area contributed by atoms with Crippen LogP contribution in [0.25, 0.3) is 6.08 Å². The number of hydrogen-bond acceptors (Lipinski definition) is 8. The minimum atomic E-state index is -3.21. The Morgan fingerprint density at radius 2 is 2.03 bits per heavy atom. The van der Waals surface area contributed by atoms with E-state index in [4.69, 9.17) is 21.4 Å². The Kier molecular flexibility index (Phi) is 7.15. The van der Waals surface area contributed by atoms with Crippen molar-refractivity contribution < 1.29 is 27.2 Å². The quantitative estimate of drug-likeness (QED) is 0.406. The van der Waals surface area contributed by atoms with Crippen molar-refractivity contribution >= 4 is 56.0 Å². The standard InChI is InChI=1S/C23H24N2O6S3/c1-15-3-6-19(31-15)12-24(17-9-10-34(28,29)14-17)21(26)13-25-22(27)20(33-23(25)32)11-16-4-7-18(30-2)8-5-16/h3-8,11,17H,9-10,12-14H2,1-2H3/b20-11-. The largest absolute Gasteiger partial charge is 0.497 e. The number of benzene rings is 1. The van der Waals surface area contributed by atoms with Crippen LogP contribution in [0, 0.1) is 6.92 Å². The molecule has 2 amide bonds. The molecule has 2 saturated heterocycles. The predicted molar refractivity (Wildman–Crippen MR) is 134 cm³/mol. The number of carbonyl (C=O) groups is 2. The average molecular weight is 521 g/mol. The molecule has 0 radical (unpaired) electrons. The SMILES string of the molecule is COc1ccc(/C=C2\SC(=S)N(CC(=O)N(Cc3ccc(C)o3)C3CCS(=O)(=O)C3)C2=O)cc1. The highest BCUT2D eigenvalue weighted by molar-refractivity contribution is 8.26. The normalized spacial score (nSPS) is 20.8. The Bertz CT molecular complexity index is 1250. The maximum atomic E-state index is 13.3. The van der Waals surface area contributed by atoms with Gasteiger partial charge in [-0.3, -0.25) is 14.5 Å². The first-order chi connectivity index (χ1) is 16.1. The molecule has 0 bridgehead atoms. The smallest absolute Gasteiger partial charge is 0.266 e. The van der Waals surface area contributed by atoms with Crippen molar-refractivity contribution in [3.8, 4) is 5.75 Å². The van der Waals surface area contributed by atoms with Gasteiger partial charge in [0.15, 0.2) is 9.84 Å². The maximum Gasteiger partial charge on any atom is 0.266 e. The Morgan fingerprint density at radius 3 is 2.62 bits per heavy atom. The number of ether oxygens (including phenoxy) is 1. The van der Waals surface area contributed by atoms with Gasteiger partial charge < -0.3 is 14.1 Å². The number of sulfone groups is 1. The van der Waals surface area contributed by atoms with Crippen LogP contribution in [0.5, 0.6) is 5.75 Å². The van der Waals surface area contributed by atoms with Crippen LogP contribution >= 0.6 is 24.0 Å². The number of rotatable bonds is 7. The van der Waals surface area contributed by atoms with Crippen molar-refractivity contribution in [3.63, 3.8) is 0 Å². The third-order valence-corrected chi connectivity index (χ3v) is 8.80. The molecule has 0 saturated carbocycles. The number of aryl methyl sites for hydroxylation is 1. The molecule has 2 aliphatic rings. The molecule has 4 rings (SSSR count). The van der Waals surface area contributed by atoms with E-state index in [1.807, 2.05) is 12.1 Å². The summed E-state index contributed by atoms with van der Waals surface area (Å²) in [6, 6.07) is 10.3. The molecule has 11 heteroatoms. The Hall–Kier alpha value is -2.63. The highest BCUT2D eigenvalue weighted by Crippen LogP contribution is 2.33. The highest BCUT2D eigenvalue weighted by Gasteiger charge is 2.38. The first-order valence-corrected chi connectivity index (χ1v) is 13.6. The monoisotopic (exact) mass is 520 g/mol. The zero-order valence-corrected chi connectivity index (χ0v) is 21.2. The number of nitrogens with zero attached hydrogens (tertiary/aromatic N) is 2. The minimum absolute atomic E-state index is 0.0320. The number of hydrogen-bond donors (Lipinski definition) is 0. The fourth-order valence-electron chi connectivity index (χ4n) is 3.89. The molecule has 8 nitrogen and oxygen atoms in total. The Morgan fingerprint density at radius 1 is 1.29 bits per heavy atom. The molecule has 0 spiro atoms. The Labute approximate surface area is 207 Å². The molecule has 1 unspecified atom stereocenters. The lowest BCUT2D eigenvalue weighted by atomic mass is 10.2. The number of amides is 2. The van der Waals surface area contributed by atoms with Crippen LogP contribution in [0.1, 0.15) is 23.5 Å². The van der Waals surface area contributed by atoms with Gasteiger partial charge in [0.1, 0.15) is 28.1 Å². The molecule has 2 fully saturated rings. The lowest BCUT2D eigenvalue weighted by molar-refractivity contribution is -0.137. The van der Waals surface area contributed by atoms with Gasteiger partial charge in [-0.05, 0) is 49.2 Å². The van der Waals surface area contributed by atoms with Crippen LogP contribution in [0.2, 0.25) is 0 Å². The molecule has 34 heavy (non-hydrogen) atoms. The predicted octanol–water partition coefficient (Wildman–Crippen LogP) is 3.01. The summed E-state index contributed by atoms with van der Waals surface area (Å²) in [6.07, 6.45) is 2.07. The van der Waals surface area contributed by atoms with Gasteiger partial charge in [0.05, 0.1) is 30.1 Å². The van der Waals surface area contributed by atoms with E-state index >= 15 is 0 Å². The summed E-state index contributed by atoms with van der Waals surface area (Å²) < 4.78 is 35.2. The fourth-order valence-corrected chi connectivity index (χ4v) is 6.88. The second-order valence-electron chi connectivity index (χ2n) is 8.13. The molecule has 180 valence electrons. The first kappa shape index (κ1) is 24.5. The zero-order valence-electron chi connectivity index (χ0n) is 18.7. The van der Waals surface area contributed by atoms with Crippen molar-refractivity contribution in [3.05, 3.63) is 58.4 Å². The number of carbonyl (C=O) groups excluding carboxylic acids is 2. The summed E-state index contributed by atoms with van der Waals surface area (Å²) in [7, 11) is -1.63. The summed E-state index contributed by atoms with van der Waals surface area (Å²) in [5.41, 5.74) is 0.804. The number of methoxy groups -OCH3 is 1. The Balaban J connectivity index is 1.51. The van der Waals surface area contributed by atoms with Crippen molar-refractivity contribution in [2.24, 2.45) is 0 Å². The van der Waals surface area contributed by atoms with Crippen molar-refractivity contribution in [2.45, 2.75) is 25.9 Å². The van der Waals surface area contributed by atoms with E-state index in [1.165, 1.54) is 9.80 Å². The molecule has 1 atom stereocenters. The van der Waals surface area contributed by atoms with E-state index in [1.54, 1.807) is 44.4 Å². The molecule has 0 aliphatic carbocycles. The average Bonchev–Trinajstić information content (AvgIpc) is 3.45. The van der Waals surface area contributed by atoms with Crippen LogP contribution in [0.3, 0.4) is 0 Å². The van der Waals surface area contributed by atoms with Gasteiger partial charge in [0, 0.05) is 6.04 Å². The van der Waals surface area contributed by atoms with Gasteiger partial charge in [-0.2, -0.15) is 0 Å². The lowest BCUT2D eigenvalue weighted by Crippen LogP contribution is -2.46. The minimum Gasteiger partial charge on any atom is -0.497 e. The van der Waals surface area contributed by atoms with E-state index in [0.717, 1.165) is 17.3 Å².